The Morgan fingerprint density at radius 3 is 2.28 bits per heavy atom. The molecular formula is C21H22Cl4N2O2. The molecule has 2 aromatic carbocycles. The Morgan fingerprint density at radius 1 is 0.966 bits per heavy atom. The van der Waals surface area contributed by atoms with Gasteiger partial charge in [0.15, 0.2) is 0 Å². The summed E-state index contributed by atoms with van der Waals surface area (Å²) in [5.74, 6) is -0.421. The van der Waals surface area contributed by atoms with E-state index in [1.165, 1.54) is 0 Å². The molecule has 0 heterocycles. The van der Waals surface area contributed by atoms with Crippen molar-refractivity contribution >= 4 is 58.2 Å². The summed E-state index contributed by atoms with van der Waals surface area (Å²) in [6.45, 7) is 4.36. The van der Waals surface area contributed by atoms with Crippen molar-refractivity contribution in [1.29, 1.82) is 0 Å². The fraction of sp³-hybridized carbons (Fsp3) is 0.333. The lowest BCUT2D eigenvalue weighted by Crippen LogP contribution is -2.49. The lowest BCUT2D eigenvalue weighted by atomic mass is 10.1. The van der Waals surface area contributed by atoms with Crippen LogP contribution in [0.1, 0.15) is 31.4 Å². The van der Waals surface area contributed by atoms with Crippen LogP contribution in [0, 0.1) is 0 Å². The highest BCUT2D eigenvalue weighted by Crippen LogP contribution is 2.26. The molecule has 2 rings (SSSR count). The van der Waals surface area contributed by atoms with Crippen molar-refractivity contribution in [3.63, 3.8) is 0 Å². The molecule has 2 amide bonds. The number of hydrogen-bond donors (Lipinski definition) is 1. The summed E-state index contributed by atoms with van der Waals surface area (Å²) >= 11 is 24.3. The Hall–Kier alpha value is -1.46. The Bertz CT molecular complexity index is 889. The fourth-order valence-electron chi connectivity index (χ4n) is 2.97. The largest absolute Gasteiger partial charge is 0.355 e. The van der Waals surface area contributed by atoms with Crippen LogP contribution in [0.15, 0.2) is 36.4 Å². The summed E-state index contributed by atoms with van der Waals surface area (Å²) < 4.78 is 0. The van der Waals surface area contributed by atoms with Gasteiger partial charge < -0.3 is 10.2 Å². The molecule has 0 spiro atoms. The summed E-state index contributed by atoms with van der Waals surface area (Å²) in [4.78, 5) is 27.3. The maximum absolute atomic E-state index is 13.2. The minimum atomic E-state index is -0.628. The van der Waals surface area contributed by atoms with Crippen LogP contribution >= 0.6 is 46.4 Å². The van der Waals surface area contributed by atoms with E-state index < -0.39 is 6.04 Å². The second kappa shape index (κ2) is 11.1. The molecule has 0 aromatic heterocycles. The molecule has 156 valence electrons. The first-order chi connectivity index (χ1) is 13.8. The zero-order chi connectivity index (χ0) is 21.6. The van der Waals surface area contributed by atoms with E-state index in [4.69, 9.17) is 46.4 Å². The molecule has 1 N–H and O–H groups in total. The van der Waals surface area contributed by atoms with Gasteiger partial charge >= 0.3 is 0 Å². The van der Waals surface area contributed by atoms with Gasteiger partial charge in [0.25, 0.3) is 0 Å². The van der Waals surface area contributed by atoms with Crippen molar-refractivity contribution in [2.45, 2.75) is 39.3 Å². The van der Waals surface area contributed by atoms with Gasteiger partial charge in [-0.05, 0) is 48.7 Å². The monoisotopic (exact) mass is 474 g/mol. The zero-order valence-corrected chi connectivity index (χ0v) is 19.2. The number of likely N-dealkylation sites (N-methyl/N-ethyl adjacent to an activating group) is 1. The predicted molar refractivity (Wildman–Crippen MR) is 120 cm³/mol. The van der Waals surface area contributed by atoms with Gasteiger partial charge in [0, 0.05) is 23.1 Å². The molecule has 0 aliphatic carbocycles. The average molecular weight is 476 g/mol. The number of hydrogen-bond acceptors (Lipinski definition) is 2. The number of halogens is 4. The smallest absolute Gasteiger partial charge is 0.242 e. The van der Waals surface area contributed by atoms with Crippen LogP contribution in [0.25, 0.3) is 0 Å². The maximum Gasteiger partial charge on any atom is 0.242 e. The summed E-state index contributed by atoms with van der Waals surface area (Å²) in [7, 11) is 0. The van der Waals surface area contributed by atoms with Crippen molar-refractivity contribution in [2.75, 3.05) is 6.54 Å². The van der Waals surface area contributed by atoms with E-state index in [1.54, 1.807) is 41.3 Å². The normalized spacial score (nSPS) is 11.8. The van der Waals surface area contributed by atoms with E-state index in [0.717, 1.165) is 0 Å². The molecule has 4 nitrogen and oxygen atoms in total. The van der Waals surface area contributed by atoms with Crippen molar-refractivity contribution < 1.29 is 9.59 Å². The van der Waals surface area contributed by atoms with Crippen molar-refractivity contribution in [1.82, 2.24) is 10.2 Å². The first-order valence-electron chi connectivity index (χ1n) is 9.21. The lowest BCUT2D eigenvalue weighted by molar-refractivity contribution is -0.140. The highest BCUT2D eigenvalue weighted by atomic mass is 35.5. The molecule has 0 aliphatic rings. The second-order valence-electron chi connectivity index (χ2n) is 6.50. The maximum atomic E-state index is 13.2. The van der Waals surface area contributed by atoms with Gasteiger partial charge in [0.1, 0.15) is 6.04 Å². The number of rotatable bonds is 8. The minimum Gasteiger partial charge on any atom is -0.355 e. The number of nitrogens with zero attached hydrogens (tertiary/aromatic N) is 1. The Morgan fingerprint density at radius 2 is 1.69 bits per heavy atom. The molecule has 0 radical (unpaired) electrons. The van der Waals surface area contributed by atoms with E-state index >= 15 is 0 Å². The number of carbonyl (C=O) groups excluding carboxylic acids is 2. The molecule has 1 atom stereocenters. The summed E-state index contributed by atoms with van der Waals surface area (Å²) in [6.07, 6.45) is 0.544. The first-order valence-corrected chi connectivity index (χ1v) is 10.7. The van der Waals surface area contributed by atoms with E-state index in [0.29, 0.717) is 44.2 Å². The standard InChI is InChI=1S/C21H22Cl4N2O2/c1-3-19(21(29)26-4-2)27(12-14-6-7-15(22)11-17(14)24)20(28)10-13-5-8-16(23)18(25)9-13/h5-9,11,19H,3-4,10,12H2,1-2H3,(H,26,29)/t19-/m1/s1. The molecule has 8 heteroatoms. The third-order valence-electron chi connectivity index (χ3n) is 4.43. The molecule has 0 saturated heterocycles. The third-order valence-corrected chi connectivity index (χ3v) is 5.76. The minimum absolute atomic E-state index is 0.0814. The zero-order valence-electron chi connectivity index (χ0n) is 16.1. The van der Waals surface area contributed by atoms with Crippen molar-refractivity contribution in [3.8, 4) is 0 Å². The number of carbonyl (C=O) groups is 2. The van der Waals surface area contributed by atoms with Gasteiger partial charge in [-0.2, -0.15) is 0 Å². The van der Waals surface area contributed by atoms with E-state index in [1.807, 2.05) is 13.8 Å². The summed E-state index contributed by atoms with van der Waals surface area (Å²) in [5, 5.41) is 4.53. The van der Waals surface area contributed by atoms with Crippen LogP contribution < -0.4 is 5.32 Å². The lowest BCUT2D eigenvalue weighted by Gasteiger charge is -2.31. The molecule has 0 unspecified atom stereocenters. The van der Waals surface area contributed by atoms with Crippen LogP contribution in [0.3, 0.4) is 0 Å². The summed E-state index contributed by atoms with van der Waals surface area (Å²) in [5.41, 5.74) is 1.42. The molecule has 0 aliphatic heterocycles. The highest BCUT2D eigenvalue weighted by molar-refractivity contribution is 6.42. The SMILES string of the molecule is CCNC(=O)[C@@H](CC)N(Cc1ccc(Cl)cc1Cl)C(=O)Cc1ccc(Cl)c(Cl)c1. The van der Waals surface area contributed by atoms with Crippen LogP contribution in [0.2, 0.25) is 20.1 Å². The molecule has 0 saturated carbocycles. The Labute approximate surface area is 191 Å². The van der Waals surface area contributed by atoms with Gasteiger partial charge in [0.05, 0.1) is 16.5 Å². The van der Waals surface area contributed by atoms with Gasteiger partial charge in [-0.3, -0.25) is 9.59 Å². The number of benzene rings is 2. The van der Waals surface area contributed by atoms with Crippen LogP contribution in [-0.2, 0) is 22.6 Å². The second-order valence-corrected chi connectivity index (χ2v) is 8.16. The topological polar surface area (TPSA) is 49.4 Å². The van der Waals surface area contributed by atoms with E-state index in [2.05, 4.69) is 5.32 Å². The van der Waals surface area contributed by atoms with Crippen LogP contribution in [-0.4, -0.2) is 29.3 Å². The number of nitrogens with one attached hydrogen (secondary N) is 1. The van der Waals surface area contributed by atoms with Gasteiger partial charge in [-0.1, -0.05) is 65.5 Å². The molecular weight excluding hydrogens is 454 g/mol. The average Bonchev–Trinajstić information content (AvgIpc) is 2.66. The van der Waals surface area contributed by atoms with Crippen LogP contribution in [0.5, 0.6) is 0 Å². The highest BCUT2D eigenvalue weighted by Gasteiger charge is 2.29. The van der Waals surface area contributed by atoms with Crippen molar-refractivity contribution in [2.24, 2.45) is 0 Å². The van der Waals surface area contributed by atoms with E-state index in [9.17, 15) is 9.59 Å². The van der Waals surface area contributed by atoms with E-state index in [-0.39, 0.29) is 24.8 Å². The first kappa shape index (κ1) is 23.8. The quantitative estimate of drug-likeness (QED) is 0.525. The predicted octanol–water partition coefficient (Wildman–Crippen LogP) is 5.79. The third kappa shape index (κ3) is 6.51. The Kier molecular flexibility index (Phi) is 9.09. The molecule has 29 heavy (non-hydrogen) atoms. The molecule has 0 fully saturated rings. The molecule has 2 aromatic rings. The summed E-state index contributed by atoms with van der Waals surface area (Å²) in [6, 6.07) is 9.50. The van der Waals surface area contributed by atoms with Crippen LogP contribution in [0.4, 0.5) is 0 Å². The van der Waals surface area contributed by atoms with Gasteiger partial charge in [-0.15, -0.1) is 0 Å². The van der Waals surface area contributed by atoms with Gasteiger partial charge in [0.2, 0.25) is 11.8 Å². The molecule has 0 bridgehead atoms. The van der Waals surface area contributed by atoms with Gasteiger partial charge in [-0.25, -0.2) is 0 Å². The fourth-order valence-corrected chi connectivity index (χ4v) is 3.76. The Balaban J connectivity index is 2.34. The number of amides is 2. The van der Waals surface area contributed by atoms with Crippen molar-refractivity contribution in [3.05, 3.63) is 67.6 Å².